The number of carbonyl (C=O) groups excluding carboxylic acids is 1. The summed E-state index contributed by atoms with van der Waals surface area (Å²) in [7, 11) is 2.89. The molecule has 2 aromatic rings. The highest BCUT2D eigenvalue weighted by molar-refractivity contribution is 5.92. The predicted molar refractivity (Wildman–Crippen MR) is 76.8 cm³/mol. The molecule has 1 atom stereocenters. The zero-order valence-corrected chi connectivity index (χ0v) is 13.1. The number of alkyl halides is 3. The van der Waals surface area contributed by atoms with Crippen molar-refractivity contribution in [3.8, 4) is 0 Å². The zero-order valence-electron chi connectivity index (χ0n) is 13.1. The van der Waals surface area contributed by atoms with Gasteiger partial charge in [0, 0.05) is 32.6 Å². The molecule has 0 aliphatic rings. The molecule has 2 rings (SSSR count). The Morgan fingerprint density at radius 3 is 2.70 bits per heavy atom. The lowest BCUT2D eigenvalue weighted by Crippen LogP contribution is -2.36. The summed E-state index contributed by atoms with van der Waals surface area (Å²) in [5.74, 6) is 0.306. The molecule has 23 heavy (non-hydrogen) atoms. The summed E-state index contributed by atoms with van der Waals surface area (Å²) >= 11 is 0. The number of nitrogens with zero attached hydrogens (tertiary/aromatic N) is 3. The highest BCUT2D eigenvalue weighted by Crippen LogP contribution is 2.28. The van der Waals surface area contributed by atoms with E-state index in [4.69, 9.17) is 4.42 Å². The third-order valence-corrected chi connectivity index (χ3v) is 3.76. The third kappa shape index (κ3) is 3.94. The Balaban J connectivity index is 2.05. The number of furan rings is 1. The topological polar surface area (TPSA) is 51.3 Å². The number of hydrogen-bond acceptors (Lipinski definition) is 3. The van der Waals surface area contributed by atoms with E-state index in [-0.39, 0.29) is 11.7 Å². The lowest BCUT2D eigenvalue weighted by atomic mass is 10.1. The smallest absolute Gasteiger partial charge is 0.435 e. The van der Waals surface area contributed by atoms with Crippen LogP contribution in [0.2, 0.25) is 0 Å². The van der Waals surface area contributed by atoms with Crippen LogP contribution in [0.4, 0.5) is 13.2 Å². The molecule has 0 fully saturated rings. The summed E-state index contributed by atoms with van der Waals surface area (Å²) in [6.07, 6.45) is -1.71. The van der Waals surface area contributed by atoms with E-state index < -0.39 is 17.8 Å². The van der Waals surface area contributed by atoms with E-state index >= 15 is 0 Å². The van der Waals surface area contributed by atoms with Crippen molar-refractivity contribution in [3.05, 3.63) is 41.6 Å². The lowest BCUT2D eigenvalue weighted by molar-refractivity contribution is -0.141. The van der Waals surface area contributed by atoms with Crippen molar-refractivity contribution in [2.45, 2.75) is 32.0 Å². The van der Waals surface area contributed by atoms with Gasteiger partial charge in [0.05, 0.1) is 6.26 Å². The Morgan fingerprint density at radius 1 is 1.48 bits per heavy atom. The van der Waals surface area contributed by atoms with Crippen molar-refractivity contribution in [2.24, 2.45) is 7.05 Å². The van der Waals surface area contributed by atoms with Crippen LogP contribution in [-0.4, -0.2) is 33.7 Å². The highest BCUT2D eigenvalue weighted by atomic mass is 19.4. The van der Waals surface area contributed by atoms with Gasteiger partial charge in [0.15, 0.2) is 5.69 Å². The van der Waals surface area contributed by atoms with Crippen molar-refractivity contribution < 1.29 is 22.4 Å². The maximum atomic E-state index is 12.7. The van der Waals surface area contributed by atoms with Crippen molar-refractivity contribution >= 4 is 5.91 Å². The Kier molecular flexibility index (Phi) is 4.82. The van der Waals surface area contributed by atoms with Crippen LogP contribution in [0.1, 0.15) is 35.3 Å². The number of aryl methyl sites for hydroxylation is 2. The Morgan fingerprint density at radius 2 is 2.17 bits per heavy atom. The van der Waals surface area contributed by atoms with E-state index in [1.54, 1.807) is 19.4 Å². The summed E-state index contributed by atoms with van der Waals surface area (Å²) in [5.41, 5.74) is -1.16. The van der Waals surface area contributed by atoms with E-state index in [9.17, 15) is 18.0 Å². The van der Waals surface area contributed by atoms with Gasteiger partial charge in [-0.05, 0) is 25.5 Å². The minimum Gasteiger partial charge on any atom is -0.469 e. The highest BCUT2D eigenvalue weighted by Gasteiger charge is 2.36. The van der Waals surface area contributed by atoms with Crippen molar-refractivity contribution in [1.82, 2.24) is 14.7 Å². The van der Waals surface area contributed by atoms with Crippen LogP contribution in [-0.2, 0) is 19.6 Å². The zero-order chi connectivity index (χ0) is 17.2. The fraction of sp³-hybridized carbons (Fsp3) is 0.467. The molecule has 0 radical (unpaired) electrons. The molecule has 1 amide bonds. The summed E-state index contributed by atoms with van der Waals surface area (Å²) in [6, 6.07) is 4.24. The van der Waals surface area contributed by atoms with Crippen molar-refractivity contribution in [1.29, 1.82) is 0 Å². The molecular formula is C15H18F3N3O2. The maximum Gasteiger partial charge on any atom is 0.435 e. The molecule has 2 heterocycles. The first-order valence-electron chi connectivity index (χ1n) is 7.11. The maximum absolute atomic E-state index is 12.7. The molecule has 0 spiro atoms. The summed E-state index contributed by atoms with van der Waals surface area (Å²) in [4.78, 5) is 13.8. The van der Waals surface area contributed by atoms with Crippen molar-refractivity contribution in [2.75, 3.05) is 7.05 Å². The van der Waals surface area contributed by atoms with Gasteiger partial charge in [0.1, 0.15) is 11.5 Å². The fourth-order valence-electron chi connectivity index (χ4n) is 2.19. The number of carbonyl (C=O) groups is 1. The molecule has 0 saturated carbocycles. The number of halogens is 3. The van der Waals surface area contributed by atoms with Crippen LogP contribution in [0.3, 0.4) is 0 Å². The largest absolute Gasteiger partial charge is 0.469 e. The van der Waals surface area contributed by atoms with E-state index in [0.29, 0.717) is 12.8 Å². The number of hydrogen-bond donors (Lipinski definition) is 0. The van der Waals surface area contributed by atoms with Crippen LogP contribution in [0, 0.1) is 0 Å². The Labute approximate surface area is 131 Å². The van der Waals surface area contributed by atoms with Gasteiger partial charge >= 0.3 is 6.18 Å². The van der Waals surface area contributed by atoms with Gasteiger partial charge in [-0.2, -0.15) is 18.3 Å². The monoisotopic (exact) mass is 329 g/mol. The lowest BCUT2D eigenvalue weighted by Gasteiger charge is -2.24. The second kappa shape index (κ2) is 6.47. The normalized spacial score (nSPS) is 13.1. The van der Waals surface area contributed by atoms with Gasteiger partial charge in [-0.15, -0.1) is 0 Å². The Bertz CT molecular complexity index is 662. The summed E-state index contributed by atoms with van der Waals surface area (Å²) in [5, 5.41) is 3.36. The molecule has 0 bridgehead atoms. The fourth-order valence-corrected chi connectivity index (χ4v) is 2.19. The molecule has 5 nitrogen and oxygen atoms in total. The van der Waals surface area contributed by atoms with Gasteiger partial charge in [-0.3, -0.25) is 9.48 Å². The quantitative estimate of drug-likeness (QED) is 0.847. The summed E-state index contributed by atoms with van der Waals surface area (Å²) < 4.78 is 44.2. The molecule has 0 aliphatic carbocycles. The van der Waals surface area contributed by atoms with Gasteiger partial charge in [0.25, 0.3) is 5.91 Å². The first kappa shape index (κ1) is 17.1. The molecule has 0 aliphatic heterocycles. The van der Waals surface area contributed by atoms with E-state index in [0.717, 1.165) is 16.5 Å². The van der Waals surface area contributed by atoms with E-state index in [1.165, 1.54) is 11.9 Å². The minimum atomic E-state index is -4.57. The number of amides is 1. The molecule has 0 saturated heterocycles. The number of aromatic nitrogens is 2. The second-order valence-corrected chi connectivity index (χ2v) is 5.42. The number of rotatable bonds is 5. The molecule has 126 valence electrons. The predicted octanol–water partition coefficient (Wildman–Crippen LogP) is 3.13. The molecule has 0 aromatic carbocycles. The van der Waals surface area contributed by atoms with Gasteiger partial charge < -0.3 is 9.32 Å². The van der Waals surface area contributed by atoms with E-state index in [2.05, 4.69) is 5.10 Å². The van der Waals surface area contributed by atoms with E-state index in [1.807, 2.05) is 13.0 Å². The van der Waals surface area contributed by atoms with Crippen LogP contribution in [0.15, 0.2) is 28.9 Å². The standard InChI is InChI=1S/C15H18F3N3O2/c1-10(6-7-11-5-4-8-23-11)20(2)14(22)12-9-13(15(16,17)18)19-21(12)3/h4-5,8-10H,6-7H2,1-3H3. The van der Waals surface area contributed by atoms with Gasteiger partial charge in [-0.25, -0.2) is 0 Å². The first-order chi connectivity index (χ1) is 10.7. The van der Waals surface area contributed by atoms with Crippen LogP contribution in [0.25, 0.3) is 0 Å². The van der Waals surface area contributed by atoms with Crippen LogP contribution in [0.5, 0.6) is 0 Å². The first-order valence-corrected chi connectivity index (χ1v) is 7.11. The molecule has 2 aromatic heterocycles. The van der Waals surface area contributed by atoms with Crippen molar-refractivity contribution in [3.63, 3.8) is 0 Å². The average Bonchev–Trinajstić information content (AvgIpc) is 3.11. The second-order valence-electron chi connectivity index (χ2n) is 5.42. The third-order valence-electron chi connectivity index (χ3n) is 3.76. The minimum absolute atomic E-state index is 0.0929. The molecule has 1 unspecified atom stereocenters. The SMILES string of the molecule is CC(CCc1ccco1)N(C)C(=O)c1cc(C(F)(F)F)nn1C. The average molecular weight is 329 g/mol. The molecule has 0 N–H and O–H groups in total. The van der Waals surface area contributed by atoms with Crippen LogP contribution < -0.4 is 0 Å². The van der Waals surface area contributed by atoms with Crippen LogP contribution >= 0.6 is 0 Å². The van der Waals surface area contributed by atoms with Gasteiger partial charge in [0.2, 0.25) is 0 Å². The van der Waals surface area contributed by atoms with Gasteiger partial charge in [-0.1, -0.05) is 0 Å². The Hall–Kier alpha value is -2.25. The molecular weight excluding hydrogens is 311 g/mol. The molecule has 8 heteroatoms. The summed E-state index contributed by atoms with van der Waals surface area (Å²) in [6.45, 7) is 1.84.